The molecule has 0 amide bonds. The van der Waals surface area contributed by atoms with Crippen LogP contribution in [0.15, 0.2) is 42.4 Å². The van der Waals surface area contributed by atoms with Gasteiger partial charge in [0.15, 0.2) is 0 Å². The van der Waals surface area contributed by atoms with Gasteiger partial charge in [0.1, 0.15) is 23.5 Å². The minimum absolute atomic E-state index is 0.0809. The quantitative estimate of drug-likeness (QED) is 0.326. The average molecular weight is 461 g/mol. The number of nitrogens with one attached hydrogen (secondary N) is 1. The normalized spacial score (nSPS) is 15.6. The van der Waals surface area contributed by atoms with Crippen molar-refractivity contribution in [2.24, 2.45) is 7.05 Å². The molecule has 8 nitrogen and oxygen atoms in total. The van der Waals surface area contributed by atoms with E-state index in [2.05, 4.69) is 28.8 Å². The highest BCUT2D eigenvalue weighted by Crippen LogP contribution is 2.36. The Balaban J connectivity index is 1.69. The van der Waals surface area contributed by atoms with Crippen molar-refractivity contribution >= 4 is 16.7 Å². The van der Waals surface area contributed by atoms with E-state index in [1.54, 1.807) is 29.7 Å². The summed E-state index contributed by atoms with van der Waals surface area (Å²) in [5, 5.41) is 14.6. The van der Waals surface area contributed by atoms with Crippen LogP contribution in [0.1, 0.15) is 37.2 Å². The second-order valence-electron chi connectivity index (χ2n) is 9.42. The van der Waals surface area contributed by atoms with Crippen LogP contribution in [0.4, 0.5) is 0 Å². The SMILES string of the molecule is CC(C)N1CCC(Oc2cc3cc(C(=O)/C(C#N)=C/N(C)C)[nH]c3cc2-c2cnn(C)c2)CC1. The first-order valence-corrected chi connectivity index (χ1v) is 11.6. The maximum absolute atomic E-state index is 12.9. The minimum Gasteiger partial charge on any atom is -0.490 e. The number of likely N-dealkylation sites (tertiary alicyclic amines) is 1. The number of ketones is 1. The number of hydrogen-bond donors (Lipinski definition) is 1. The third-order valence-electron chi connectivity index (χ3n) is 6.23. The number of benzene rings is 1. The molecule has 0 aliphatic carbocycles. The van der Waals surface area contributed by atoms with Gasteiger partial charge in [-0.3, -0.25) is 9.48 Å². The lowest BCUT2D eigenvalue weighted by Crippen LogP contribution is -2.41. The fraction of sp³-hybridized carbons (Fsp3) is 0.423. The van der Waals surface area contributed by atoms with Gasteiger partial charge in [0.05, 0.1) is 11.9 Å². The number of nitrogens with zero attached hydrogens (tertiary/aromatic N) is 5. The molecule has 3 heterocycles. The Labute approximate surface area is 200 Å². The molecule has 1 fully saturated rings. The molecule has 1 N–H and O–H groups in total. The van der Waals surface area contributed by atoms with E-state index in [1.807, 2.05) is 37.6 Å². The molecule has 8 heteroatoms. The zero-order valence-corrected chi connectivity index (χ0v) is 20.5. The molecule has 1 aliphatic heterocycles. The lowest BCUT2D eigenvalue weighted by molar-refractivity contribution is 0.0848. The summed E-state index contributed by atoms with van der Waals surface area (Å²) >= 11 is 0. The first-order chi connectivity index (χ1) is 16.2. The lowest BCUT2D eigenvalue weighted by Gasteiger charge is -2.34. The van der Waals surface area contributed by atoms with Crippen LogP contribution in [0.2, 0.25) is 0 Å². The van der Waals surface area contributed by atoms with Gasteiger partial charge in [-0.05, 0) is 44.9 Å². The van der Waals surface area contributed by atoms with Gasteiger partial charge in [-0.15, -0.1) is 0 Å². The number of H-pyrrole nitrogens is 1. The fourth-order valence-electron chi connectivity index (χ4n) is 4.40. The zero-order chi connectivity index (χ0) is 24.4. The van der Waals surface area contributed by atoms with Crippen LogP contribution in [0.5, 0.6) is 5.75 Å². The molecule has 0 unspecified atom stereocenters. The summed E-state index contributed by atoms with van der Waals surface area (Å²) in [4.78, 5) is 20.3. The van der Waals surface area contributed by atoms with Gasteiger partial charge >= 0.3 is 0 Å². The third-order valence-corrected chi connectivity index (χ3v) is 6.23. The molecule has 0 spiro atoms. The molecule has 0 bridgehead atoms. The maximum Gasteiger partial charge on any atom is 0.221 e. The van der Waals surface area contributed by atoms with Gasteiger partial charge < -0.3 is 19.5 Å². The van der Waals surface area contributed by atoms with Crippen LogP contribution in [0.3, 0.4) is 0 Å². The highest BCUT2D eigenvalue weighted by Gasteiger charge is 2.24. The van der Waals surface area contributed by atoms with Gasteiger partial charge in [0, 0.05) is 74.7 Å². The maximum atomic E-state index is 12.9. The van der Waals surface area contributed by atoms with Crippen molar-refractivity contribution in [1.82, 2.24) is 24.6 Å². The average Bonchev–Trinajstić information content (AvgIpc) is 3.42. The molecule has 0 saturated carbocycles. The summed E-state index contributed by atoms with van der Waals surface area (Å²) in [6.07, 6.45) is 7.39. The number of fused-ring (bicyclic) bond motifs is 1. The Morgan fingerprint density at radius 2 is 2.03 bits per heavy atom. The number of rotatable bonds is 7. The molecular formula is C26H32N6O2. The Kier molecular flexibility index (Phi) is 6.75. The summed E-state index contributed by atoms with van der Waals surface area (Å²) in [5.41, 5.74) is 3.15. The van der Waals surface area contributed by atoms with E-state index in [9.17, 15) is 10.1 Å². The molecule has 0 atom stereocenters. The van der Waals surface area contributed by atoms with E-state index in [-0.39, 0.29) is 17.5 Å². The van der Waals surface area contributed by atoms with E-state index in [1.165, 1.54) is 6.20 Å². The predicted molar refractivity (Wildman–Crippen MR) is 133 cm³/mol. The number of carbonyl (C=O) groups excluding carboxylic acids is 1. The van der Waals surface area contributed by atoms with Crippen molar-refractivity contribution in [1.29, 1.82) is 5.26 Å². The van der Waals surface area contributed by atoms with Crippen molar-refractivity contribution in [2.75, 3.05) is 27.2 Å². The second-order valence-corrected chi connectivity index (χ2v) is 9.42. The Hall–Kier alpha value is -3.57. The van der Waals surface area contributed by atoms with Gasteiger partial charge in [-0.2, -0.15) is 10.4 Å². The number of nitriles is 1. The molecule has 4 rings (SSSR count). The van der Waals surface area contributed by atoms with Gasteiger partial charge in [0.2, 0.25) is 5.78 Å². The van der Waals surface area contributed by atoms with Crippen LogP contribution in [-0.4, -0.2) is 69.7 Å². The van der Waals surface area contributed by atoms with Crippen LogP contribution in [0.25, 0.3) is 22.0 Å². The summed E-state index contributed by atoms with van der Waals surface area (Å²) in [7, 11) is 5.45. The number of allylic oxidation sites excluding steroid dienone is 1. The summed E-state index contributed by atoms with van der Waals surface area (Å²) in [6.45, 7) is 6.49. The second kappa shape index (κ2) is 9.74. The zero-order valence-electron chi connectivity index (χ0n) is 20.5. The largest absolute Gasteiger partial charge is 0.490 e. The van der Waals surface area contributed by atoms with E-state index in [0.29, 0.717) is 11.7 Å². The molecule has 1 aliphatic rings. The standard InChI is InChI=1S/C26H32N6O2/c1-17(2)32-8-6-21(7-9-32)34-25-11-18-10-24(26(33)19(13-27)15-30(3)4)29-23(18)12-22(25)20-14-28-31(5)16-20/h10-12,14-17,21,29H,6-9H2,1-5H3/b19-15+. The first-order valence-electron chi connectivity index (χ1n) is 11.6. The predicted octanol–water partition coefficient (Wildman–Crippen LogP) is 3.97. The topological polar surface area (TPSA) is 90.2 Å². The number of aromatic nitrogens is 3. The number of hydrogen-bond acceptors (Lipinski definition) is 6. The number of aromatic amines is 1. The molecule has 178 valence electrons. The van der Waals surface area contributed by atoms with E-state index in [4.69, 9.17) is 4.74 Å². The van der Waals surface area contributed by atoms with Crippen molar-refractivity contribution in [3.05, 3.63) is 48.1 Å². The smallest absolute Gasteiger partial charge is 0.221 e. The highest BCUT2D eigenvalue weighted by atomic mass is 16.5. The number of carbonyl (C=O) groups is 1. The number of piperidine rings is 1. The Bertz CT molecular complexity index is 1250. The van der Waals surface area contributed by atoms with Gasteiger partial charge in [-0.25, -0.2) is 0 Å². The molecule has 2 aromatic heterocycles. The van der Waals surface area contributed by atoms with Crippen molar-refractivity contribution < 1.29 is 9.53 Å². The summed E-state index contributed by atoms with van der Waals surface area (Å²) in [6, 6.07) is 8.33. The van der Waals surface area contributed by atoms with Crippen molar-refractivity contribution in [3.63, 3.8) is 0 Å². The number of ether oxygens (including phenoxy) is 1. The molecule has 1 saturated heterocycles. The minimum atomic E-state index is -0.334. The molecule has 3 aromatic rings. The summed E-state index contributed by atoms with van der Waals surface area (Å²) < 4.78 is 8.31. The van der Waals surface area contributed by atoms with E-state index in [0.717, 1.165) is 53.7 Å². The fourth-order valence-corrected chi connectivity index (χ4v) is 4.40. The van der Waals surface area contributed by atoms with Crippen molar-refractivity contribution in [3.8, 4) is 22.9 Å². The number of Topliss-reactive ketones (excluding diaryl/α,β-unsaturated/α-hetero) is 1. The van der Waals surface area contributed by atoms with Crippen LogP contribution >= 0.6 is 0 Å². The monoisotopic (exact) mass is 460 g/mol. The van der Waals surface area contributed by atoms with E-state index < -0.39 is 0 Å². The highest BCUT2D eigenvalue weighted by molar-refractivity contribution is 6.12. The van der Waals surface area contributed by atoms with E-state index >= 15 is 0 Å². The molecular weight excluding hydrogens is 428 g/mol. The Morgan fingerprint density at radius 3 is 2.62 bits per heavy atom. The number of aryl methyl sites for hydroxylation is 1. The molecule has 34 heavy (non-hydrogen) atoms. The lowest BCUT2D eigenvalue weighted by atomic mass is 10.0. The molecule has 0 radical (unpaired) electrons. The molecule has 1 aromatic carbocycles. The Morgan fingerprint density at radius 1 is 1.29 bits per heavy atom. The van der Waals surface area contributed by atoms with Gasteiger partial charge in [0.25, 0.3) is 0 Å². The van der Waals surface area contributed by atoms with Gasteiger partial charge in [-0.1, -0.05) is 0 Å². The first kappa shape index (κ1) is 23.6. The third kappa shape index (κ3) is 5.00. The summed E-state index contributed by atoms with van der Waals surface area (Å²) in [5.74, 6) is 0.449. The van der Waals surface area contributed by atoms with Crippen LogP contribution in [0, 0.1) is 11.3 Å². The van der Waals surface area contributed by atoms with Crippen LogP contribution in [-0.2, 0) is 7.05 Å². The van der Waals surface area contributed by atoms with Crippen molar-refractivity contribution in [2.45, 2.75) is 38.8 Å². The van der Waals surface area contributed by atoms with Crippen LogP contribution < -0.4 is 4.74 Å².